The molecule has 4 aromatic carbocycles. The van der Waals surface area contributed by atoms with Crippen LogP contribution in [0, 0.1) is 27.7 Å². The van der Waals surface area contributed by atoms with Crippen molar-refractivity contribution >= 4 is 21.8 Å². The van der Waals surface area contributed by atoms with Crippen LogP contribution in [0.15, 0.2) is 109 Å². The van der Waals surface area contributed by atoms with Gasteiger partial charge in [0.2, 0.25) is 0 Å². The number of pyridine rings is 1. The molecule has 200 valence electrons. The number of hydrogen-bond donors (Lipinski definition) is 0. The van der Waals surface area contributed by atoms with Gasteiger partial charge in [0.15, 0.2) is 0 Å². The maximum absolute atomic E-state index is 8.22. The first-order chi connectivity index (χ1) is 20.4. The summed E-state index contributed by atoms with van der Waals surface area (Å²) in [6.45, 7) is 8.30. The molecule has 0 atom stereocenters. The number of para-hydroxylation sites is 1. The summed E-state index contributed by atoms with van der Waals surface area (Å²) in [5.41, 5.74) is 9.53. The van der Waals surface area contributed by atoms with E-state index >= 15 is 0 Å². The summed E-state index contributed by atoms with van der Waals surface area (Å²) in [4.78, 5) is 4.68. The van der Waals surface area contributed by atoms with Gasteiger partial charge in [-0.25, -0.2) is 9.67 Å². The van der Waals surface area contributed by atoms with Gasteiger partial charge in [0, 0.05) is 40.4 Å². The molecular formula is C36H30N4O. The van der Waals surface area contributed by atoms with Crippen LogP contribution in [-0.2, 0) is 0 Å². The van der Waals surface area contributed by atoms with Crippen molar-refractivity contribution < 1.29 is 6.11 Å². The highest BCUT2D eigenvalue weighted by atomic mass is 16.5. The maximum atomic E-state index is 8.22. The summed E-state index contributed by atoms with van der Waals surface area (Å²) in [5.74, 6) is 2.30. The molecule has 0 bridgehead atoms. The third-order valence-corrected chi connectivity index (χ3v) is 7.58. The average Bonchev–Trinajstić information content (AvgIpc) is 3.45. The highest BCUT2D eigenvalue weighted by molar-refractivity contribution is 6.09. The number of aromatic nitrogens is 4. The second-order valence-corrected chi connectivity index (χ2v) is 10.6. The molecule has 0 unspecified atom stereocenters. The Balaban J connectivity index is 1.32. The molecule has 0 N–H and O–H groups in total. The first-order valence-corrected chi connectivity index (χ1v) is 13.7. The van der Waals surface area contributed by atoms with E-state index in [0.29, 0.717) is 6.04 Å². The predicted octanol–water partition coefficient (Wildman–Crippen LogP) is 9.06. The van der Waals surface area contributed by atoms with Crippen LogP contribution in [0.3, 0.4) is 0 Å². The number of fused-ring (bicyclic) bond motifs is 3. The van der Waals surface area contributed by atoms with Gasteiger partial charge in [-0.1, -0.05) is 48.5 Å². The summed E-state index contributed by atoms with van der Waals surface area (Å²) >= 11 is 0. The van der Waals surface area contributed by atoms with Gasteiger partial charge in [-0.2, -0.15) is 5.10 Å². The van der Waals surface area contributed by atoms with Crippen LogP contribution >= 0.6 is 0 Å². The minimum Gasteiger partial charge on any atom is -0.457 e. The second-order valence-electron chi connectivity index (χ2n) is 10.6. The number of benzene rings is 4. The van der Waals surface area contributed by atoms with E-state index in [4.69, 9.17) is 11.2 Å². The van der Waals surface area contributed by atoms with Crippen LogP contribution in [0.25, 0.3) is 44.4 Å². The molecule has 0 saturated heterocycles. The van der Waals surface area contributed by atoms with E-state index in [1.807, 2.05) is 59.4 Å². The lowest BCUT2D eigenvalue weighted by Crippen LogP contribution is -2.00. The quantitative estimate of drug-likeness (QED) is 0.221. The fraction of sp³-hybridized carbons (Fsp3) is 0.111. The van der Waals surface area contributed by atoms with Crippen molar-refractivity contribution in [3.05, 3.63) is 132 Å². The van der Waals surface area contributed by atoms with Gasteiger partial charge in [0.05, 0.1) is 23.8 Å². The Kier molecular flexibility index (Phi) is 5.66. The van der Waals surface area contributed by atoms with Crippen molar-refractivity contribution in [3.63, 3.8) is 0 Å². The largest absolute Gasteiger partial charge is 0.457 e. The monoisotopic (exact) mass is 535 g/mol. The number of aryl methyl sites for hydroxylation is 3. The van der Waals surface area contributed by atoms with Crippen molar-refractivity contribution in [2.75, 3.05) is 0 Å². The second kappa shape index (κ2) is 9.79. The van der Waals surface area contributed by atoms with E-state index in [1.54, 1.807) is 0 Å². The van der Waals surface area contributed by atoms with Crippen LogP contribution in [0.2, 0.25) is 0 Å². The Morgan fingerprint density at radius 2 is 1.54 bits per heavy atom. The lowest BCUT2D eigenvalue weighted by molar-refractivity contribution is 0.482. The Bertz CT molecular complexity index is 2120. The van der Waals surface area contributed by atoms with Gasteiger partial charge in [-0.05, 0) is 86.8 Å². The third kappa shape index (κ3) is 4.36. The Labute approximate surface area is 240 Å². The first-order valence-electron chi connectivity index (χ1n) is 14.2. The third-order valence-electron chi connectivity index (χ3n) is 7.58. The normalized spacial score (nSPS) is 11.8. The van der Waals surface area contributed by atoms with E-state index in [1.165, 1.54) is 0 Å². The number of hydrogen-bond acceptors (Lipinski definition) is 3. The molecule has 3 aromatic heterocycles. The molecule has 0 amide bonds. The van der Waals surface area contributed by atoms with E-state index in [0.717, 1.165) is 78.5 Å². The van der Waals surface area contributed by atoms with Crippen LogP contribution in [0.1, 0.15) is 23.9 Å². The predicted molar refractivity (Wildman–Crippen MR) is 167 cm³/mol. The molecular weight excluding hydrogens is 504 g/mol. The molecule has 0 radical (unpaired) electrons. The van der Waals surface area contributed by atoms with Crippen LogP contribution < -0.4 is 4.74 Å². The number of rotatable bonds is 5. The average molecular weight is 536 g/mol. The summed E-state index contributed by atoms with van der Waals surface area (Å²) in [5, 5.41) is 6.98. The smallest absolute Gasteiger partial charge is 0.137 e. The van der Waals surface area contributed by atoms with E-state index < -0.39 is 0 Å². The van der Waals surface area contributed by atoms with Crippen molar-refractivity contribution in [1.29, 1.82) is 0 Å². The Morgan fingerprint density at radius 3 is 2.37 bits per heavy atom. The van der Waals surface area contributed by atoms with Gasteiger partial charge in [0.25, 0.3) is 0 Å². The van der Waals surface area contributed by atoms with Crippen molar-refractivity contribution in [2.24, 2.45) is 0 Å². The lowest BCUT2D eigenvalue weighted by Gasteiger charge is -2.12. The summed E-state index contributed by atoms with van der Waals surface area (Å²) in [6, 6.07) is 33.0. The Hall–Kier alpha value is -5.16. The SMILES string of the molecule is [2H]c1ccc2c(c1)c1ccc(Oc3cc(C)cc(-n4nc(C)c(-c5ccccc5)c4C)c3)cc1n2-c1cc(C)ccn1. The van der Waals surface area contributed by atoms with E-state index in [2.05, 4.69) is 85.8 Å². The standard InChI is InChI=1S/C36H30N4O/c1-23-16-17-37-35(20-23)39-33-13-9-8-12-31(33)32-15-14-29(22-34(32)39)41-30-19-24(2)18-28(21-30)40-26(4)36(25(3)38-40)27-10-6-5-7-11-27/h5-22H,1-4H3/i8D. The lowest BCUT2D eigenvalue weighted by atomic mass is 10.0. The molecule has 5 heteroatoms. The fourth-order valence-electron chi connectivity index (χ4n) is 5.80. The first kappa shape index (κ1) is 23.7. The molecule has 7 rings (SSSR count). The van der Waals surface area contributed by atoms with Crippen LogP contribution in [0.5, 0.6) is 11.5 Å². The van der Waals surface area contributed by atoms with Crippen LogP contribution in [0.4, 0.5) is 0 Å². The molecule has 0 aliphatic heterocycles. The van der Waals surface area contributed by atoms with E-state index in [9.17, 15) is 0 Å². The minimum absolute atomic E-state index is 0.478. The molecule has 5 nitrogen and oxygen atoms in total. The van der Waals surface area contributed by atoms with Gasteiger partial charge >= 0.3 is 0 Å². The number of nitrogens with zero attached hydrogens (tertiary/aromatic N) is 4. The van der Waals surface area contributed by atoms with E-state index in [-0.39, 0.29) is 0 Å². The topological polar surface area (TPSA) is 44.9 Å². The van der Waals surface area contributed by atoms with Crippen molar-refractivity contribution in [3.8, 4) is 34.1 Å². The molecule has 7 aromatic rings. The Morgan fingerprint density at radius 1 is 0.707 bits per heavy atom. The highest BCUT2D eigenvalue weighted by Crippen LogP contribution is 2.36. The van der Waals surface area contributed by atoms with Crippen LogP contribution in [-0.4, -0.2) is 19.3 Å². The molecule has 0 spiro atoms. The van der Waals surface area contributed by atoms with Gasteiger partial charge in [-0.3, -0.25) is 4.57 Å². The minimum atomic E-state index is 0.478. The number of ether oxygens (including phenoxy) is 1. The van der Waals surface area contributed by atoms with Crippen molar-refractivity contribution in [1.82, 2.24) is 19.3 Å². The zero-order valence-corrected chi connectivity index (χ0v) is 23.5. The summed E-state index contributed by atoms with van der Waals surface area (Å²) in [6.07, 6.45) is 1.83. The molecule has 41 heavy (non-hydrogen) atoms. The molecule has 0 fully saturated rings. The van der Waals surface area contributed by atoms with Gasteiger partial charge < -0.3 is 4.74 Å². The highest BCUT2D eigenvalue weighted by Gasteiger charge is 2.17. The summed E-state index contributed by atoms with van der Waals surface area (Å²) < 4.78 is 18.9. The summed E-state index contributed by atoms with van der Waals surface area (Å²) in [7, 11) is 0. The molecule has 0 aliphatic rings. The fourth-order valence-corrected chi connectivity index (χ4v) is 5.80. The molecule has 0 saturated carbocycles. The van der Waals surface area contributed by atoms with Crippen molar-refractivity contribution in [2.45, 2.75) is 27.7 Å². The van der Waals surface area contributed by atoms with Gasteiger partial charge in [-0.15, -0.1) is 0 Å². The molecule has 0 aliphatic carbocycles. The maximum Gasteiger partial charge on any atom is 0.137 e. The zero-order chi connectivity index (χ0) is 29.0. The van der Waals surface area contributed by atoms with Gasteiger partial charge in [0.1, 0.15) is 17.3 Å². The zero-order valence-electron chi connectivity index (χ0n) is 24.5. The molecule has 3 heterocycles.